The van der Waals surface area contributed by atoms with Crippen molar-refractivity contribution < 1.29 is 13.2 Å². The minimum Gasteiger partial charge on any atom is -0.361 e. The Kier molecular flexibility index (Phi) is 5.62. The zero-order valence-electron chi connectivity index (χ0n) is 15.3. The highest BCUT2D eigenvalue weighted by atomic mass is 32.2. The maximum Gasteiger partial charge on any atom is 0.251 e. The highest BCUT2D eigenvalue weighted by Crippen LogP contribution is 2.17. The molecule has 0 aliphatic heterocycles. The summed E-state index contributed by atoms with van der Waals surface area (Å²) in [5.41, 5.74) is 2.65. The zero-order chi connectivity index (χ0) is 19.4. The number of para-hydroxylation sites is 1. The van der Waals surface area contributed by atoms with Crippen molar-refractivity contribution in [1.82, 2.24) is 15.0 Å². The number of carbonyl (C=O) groups is 1. The van der Waals surface area contributed by atoms with Crippen LogP contribution in [0, 0.1) is 0 Å². The summed E-state index contributed by atoms with van der Waals surface area (Å²) in [4.78, 5) is 15.7. The molecule has 0 spiro atoms. The van der Waals surface area contributed by atoms with Crippen molar-refractivity contribution in [2.45, 2.75) is 31.2 Å². The average molecular weight is 385 g/mol. The van der Waals surface area contributed by atoms with Gasteiger partial charge in [-0.15, -0.1) is 0 Å². The van der Waals surface area contributed by atoms with Gasteiger partial charge >= 0.3 is 0 Å². The van der Waals surface area contributed by atoms with Crippen LogP contribution in [0.5, 0.6) is 0 Å². The Hall–Kier alpha value is -2.64. The molecule has 0 aliphatic carbocycles. The number of fused-ring (bicyclic) bond motifs is 1. The number of carbonyl (C=O) groups excluding carboxylic acids is 1. The lowest BCUT2D eigenvalue weighted by molar-refractivity contribution is 0.0954. The van der Waals surface area contributed by atoms with Gasteiger partial charge < -0.3 is 10.3 Å². The molecule has 2 aromatic carbocycles. The van der Waals surface area contributed by atoms with Crippen LogP contribution in [-0.4, -0.2) is 31.9 Å². The van der Waals surface area contributed by atoms with Crippen LogP contribution in [0.2, 0.25) is 0 Å². The predicted molar refractivity (Wildman–Crippen MR) is 106 cm³/mol. The van der Waals surface area contributed by atoms with E-state index in [-0.39, 0.29) is 16.8 Å². The molecule has 0 saturated carbocycles. The SMILES string of the molecule is CC(C)NS(=O)(=O)c1ccc(C(=O)NCCc2c[nH]c3ccccc23)cc1. The smallest absolute Gasteiger partial charge is 0.251 e. The summed E-state index contributed by atoms with van der Waals surface area (Å²) in [7, 11) is -3.55. The normalized spacial score (nSPS) is 11.8. The van der Waals surface area contributed by atoms with Gasteiger partial charge in [-0.3, -0.25) is 4.79 Å². The topological polar surface area (TPSA) is 91.1 Å². The number of hydrogen-bond acceptors (Lipinski definition) is 3. The second-order valence-electron chi connectivity index (χ2n) is 6.67. The van der Waals surface area contributed by atoms with Gasteiger partial charge in [-0.05, 0) is 56.2 Å². The highest BCUT2D eigenvalue weighted by molar-refractivity contribution is 7.89. The van der Waals surface area contributed by atoms with Crippen molar-refractivity contribution in [1.29, 1.82) is 0 Å². The van der Waals surface area contributed by atoms with Gasteiger partial charge in [0, 0.05) is 35.2 Å². The Morgan fingerprint density at radius 2 is 1.78 bits per heavy atom. The number of H-pyrrole nitrogens is 1. The highest BCUT2D eigenvalue weighted by Gasteiger charge is 2.16. The Morgan fingerprint density at radius 3 is 2.48 bits per heavy atom. The summed E-state index contributed by atoms with van der Waals surface area (Å²) in [6.07, 6.45) is 2.67. The first-order chi connectivity index (χ1) is 12.9. The Morgan fingerprint density at radius 1 is 1.07 bits per heavy atom. The molecule has 0 aliphatic rings. The minimum atomic E-state index is -3.55. The predicted octanol–water partition coefficient (Wildman–Crippen LogP) is 2.83. The molecule has 142 valence electrons. The van der Waals surface area contributed by atoms with E-state index in [9.17, 15) is 13.2 Å². The van der Waals surface area contributed by atoms with Crippen molar-refractivity contribution in [2.75, 3.05) is 6.54 Å². The van der Waals surface area contributed by atoms with E-state index >= 15 is 0 Å². The van der Waals surface area contributed by atoms with E-state index < -0.39 is 10.0 Å². The molecule has 0 radical (unpaired) electrons. The summed E-state index contributed by atoms with van der Waals surface area (Å²) < 4.78 is 26.8. The third-order valence-corrected chi connectivity index (χ3v) is 5.85. The van der Waals surface area contributed by atoms with Crippen LogP contribution < -0.4 is 10.0 Å². The number of amides is 1. The molecule has 3 rings (SSSR count). The summed E-state index contributed by atoms with van der Waals surface area (Å²) >= 11 is 0. The van der Waals surface area contributed by atoms with E-state index in [2.05, 4.69) is 15.0 Å². The Labute approximate surface area is 159 Å². The van der Waals surface area contributed by atoms with Crippen LogP contribution in [0.15, 0.2) is 59.6 Å². The summed E-state index contributed by atoms with van der Waals surface area (Å²) in [6, 6.07) is 13.8. The summed E-state index contributed by atoms with van der Waals surface area (Å²) in [5, 5.41) is 4.03. The number of benzene rings is 2. The zero-order valence-corrected chi connectivity index (χ0v) is 16.1. The number of aromatic nitrogens is 1. The van der Waals surface area contributed by atoms with Crippen molar-refractivity contribution >= 4 is 26.8 Å². The molecule has 0 unspecified atom stereocenters. The fourth-order valence-electron chi connectivity index (χ4n) is 2.92. The molecule has 3 aromatic rings. The van der Waals surface area contributed by atoms with E-state index in [0.29, 0.717) is 18.5 Å². The second-order valence-corrected chi connectivity index (χ2v) is 8.38. The van der Waals surface area contributed by atoms with Crippen molar-refractivity contribution in [3.05, 3.63) is 65.9 Å². The van der Waals surface area contributed by atoms with Crippen LogP contribution in [0.1, 0.15) is 29.8 Å². The van der Waals surface area contributed by atoms with Gasteiger partial charge in [0.15, 0.2) is 0 Å². The quantitative estimate of drug-likeness (QED) is 0.584. The van der Waals surface area contributed by atoms with Gasteiger partial charge in [0.25, 0.3) is 5.91 Å². The van der Waals surface area contributed by atoms with E-state index in [1.807, 2.05) is 30.5 Å². The van der Waals surface area contributed by atoms with Crippen LogP contribution in [0.25, 0.3) is 10.9 Å². The fraction of sp³-hybridized carbons (Fsp3) is 0.250. The van der Waals surface area contributed by atoms with Gasteiger partial charge in [-0.1, -0.05) is 18.2 Å². The summed E-state index contributed by atoms with van der Waals surface area (Å²) in [6.45, 7) is 4.01. The molecule has 1 heterocycles. The lowest BCUT2D eigenvalue weighted by atomic mass is 10.1. The fourth-order valence-corrected chi connectivity index (χ4v) is 4.17. The number of sulfonamides is 1. The second kappa shape index (κ2) is 7.94. The largest absolute Gasteiger partial charge is 0.361 e. The van der Waals surface area contributed by atoms with Crippen LogP contribution in [0.3, 0.4) is 0 Å². The van der Waals surface area contributed by atoms with Gasteiger partial charge in [-0.25, -0.2) is 13.1 Å². The average Bonchev–Trinajstić information content (AvgIpc) is 3.04. The van der Waals surface area contributed by atoms with E-state index in [1.54, 1.807) is 13.8 Å². The maximum atomic E-state index is 12.3. The van der Waals surface area contributed by atoms with Crippen LogP contribution >= 0.6 is 0 Å². The van der Waals surface area contributed by atoms with Crippen molar-refractivity contribution in [3.63, 3.8) is 0 Å². The van der Waals surface area contributed by atoms with E-state index in [1.165, 1.54) is 24.3 Å². The standard InChI is InChI=1S/C20H23N3O3S/c1-14(2)23-27(25,26)17-9-7-15(8-10-17)20(24)21-12-11-16-13-22-19-6-4-3-5-18(16)19/h3-10,13-14,22-23H,11-12H2,1-2H3,(H,21,24). The number of nitrogens with one attached hydrogen (secondary N) is 3. The number of hydrogen-bond donors (Lipinski definition) is 3. The molecular formula is C20H23N3O3S. The third-order valence-electron chi connectivity index (χ3n) is 4.17. The van der Waals surface area contributed by atoms with Crippen LogP contribution in [-0.2, 0) is 16.4 Å². The molecule has 6 nitrogen and oxygen atoms in total. The molecular weight excluding hydrogens is 362 g/mol. The number of aromatic amines is 1. The minimum absolute atomic E-state index is 0.145. The molecule has 0 atom stereocenters. The lowest BCUT2D eigenvalue weighted by Crippen LogP contribution is -2.30. The van der Waals surface area contributed by atoms with Crippen LogP contribution in [0.4, 0.5) is 0 Å². The van der Waals surface area contributed by atoms with Gasteiger partial charge in [0.05, 0.1) is 4.90 Å². The number of rotatable bonds is 7. The van der Waals surface area contributed by atoms with Gasteiger partial charge in [0.2, 0.25) is 10.0 Å². The molecule has 0 bridgehead atoms. The van der Waals surface area contributed by atoms with E-state index in [4.69, 9.17) is 0 Å². The molecule has 27 heavy (non-hydrogen) atoms. The first-order valence-electron chi connectivity index (χ1n) is 8.82. The van der Waals surface area contributed by atoms with Crippen molar-refractivity contribution in [3.8, 4) is 0 Å². The molecule has 1 aromatic heterocycles. The van der Waals surface area contributed by atoms with Gasteiger partial charge in [0.1, 0.15) is 0 Å². The summed E-state index contributed by atoms with van der Waals surface area (Å²) in [5.74, 6) is -0.226. The Bertz CT molecular complexity index is 1040. The van der Waals surface area contributed by atoms with Crippen molar-refractivity contribution in [2.24, 2.45) is 0 Å². The Balaban J connectivity index is 1.60. The molecule has 3 N–H and O–H groups in total. The van der Waals surface area contributed by atoms with Gasteiger partial charge in [-0.2, -0.15) is 0 Å². The monoisotopic (exact) mass is 385 g/mol. The van der Waals surface area contributed by atoms with E-state index in [0.717, 1.165) is 16.5 Å². The first kappa shape index (κ1) is 19.1. The molecule has 0 saturated heterocycles. The first-order valence-corrected chi connectivity index (χ1v) is 10.3. The molecule has 0 fully saturated rings. The lowest BCUT2D eigenvalue weighted by Gasteiger charge is -2.10. The maximum absolute atomic E-state index is 12.3. The molecule has 7 heteroatoms. The molecule has 1 amide bonds. The third kappa shape index (κ3) is 4.56.